The van der Waals surface area contributed by atoms with Crippen LogP contribution in [0.3, 0.4) is 0 Å². The standard InChI is InChI=1S/C14H15N3O5/c18-11-6-22-4-3-9(11)16-12(19)7-1-2-8-10(5-7)17-14(21)13(20)15-8/h1-2,5,9,11,18H,3-4,6H2,(H,15,20)(H,16,19)(H,17,21)/t9-,11-/m1/s1. The third kappa shape index (κ3) is 2.78. The number of hydrogen-bond donors (Lipinski definition) is 4. The largest absolute Gasteiger partial charge is 0.389 e. The highest BCUT2D eigenvalue weighted by atomic mass is 16.5. The first kappa shape index (κ1) is 14.5. The van der Waals surface area contributed by atoms with E-state index in [0.717, 1.165) is 0 Å². The molecule has 1 amide bonds. The Morgan fingerprint density at radius 2 is 1.95 bits per heavy atom. The second-order valence-corrected chi connectivity index (χ2v) is 5.18. The fraction of sp³-hybridized carbons (Fsp3) is 0.357. The highest BCUT2D eigenvalue weighted by Gasteiger charge is 2.25. The highest BCUT2D eigenvalue weighted by molar-refractivity contribution is 5.97. The Balaban J connectivity index is 1.86. The molecule has 22 heavy (non-hydrogen) atoms. The number of amides is 1. The minimum Gasteiger partial charge on any atom is -0.389 e. The van der Waals surface area contributed by atoms with Crippen LogP contribution in [0.25, 0.3) is 11.0 Å². The van der Waals surface area contributed by atoms with Gasteiger partial charge in [-0.3, -0.25) is 14.4 Å². The minimum atomic E-state index is -0.773. The van der Waals surface area contributed by atoms with Crippen LogP contribution in [0.5, 0.6) is 0 Å². The quantitative estimate of drug-likeness (QED) is 0.535. The summed E-state index contributed by atoms with van der Waals surface area (Å²) in [4.78, 5) is 39.6. The summed E-state index contributed by atoms with van der Waals surface area (Å²) in [6.07, 6.45) is -0.209. The summed E-state index contributed by atoms with van der Waals surface area (Å²) in [6, 6.07) is 4.19. The number of carbonyl (C=O) groups excluding carboxylic acids is 1. The summed E-state index contributed by atoms with van der Waals surface area (Å²) in [5, 5.41) is 12.5. The van der Waals surface area contributed by atoms with Crippen LogP contribution in [0, 0.1) is 0 Å². The summed E-state index contributed by atoms with van der Waals surface area (Å²) in [5.41, 5.74) is -0.383. The fourth-order valence-corrected chi connectivity index (χ4v) is 2.40. The minimum absolute atomic E-state index is 0.192. The number of aromatic amines is 2. The molecule has 2 atom stereocenters. The number of aromatic nitrogens is 2. The molecule has 1 aromatic carbocycles. The van der Waals surface area contributed by atoms with E-state index >= 15 is 0 Å². The van der Waals surface area contributed by atoms with Gasteiger partial charge < -0.3 is 25.1 Å². The molecular formula is C14H15N3O5. The van der Waals surface area contributed by atoms with Gasteiger partial charge in [0.25, 0.3) is 5.91 Å². The van der Waals surface area contributed by atoms with E-state index in [1.54, 1.807) is 6.07 Å². The molecule has 3 rings (SSSR count). The van der Waals surface area contributed by atoms with Crippen LogP contribution in [-0.4, -0.2) is 46.3 Å². The molecule has 0 spiro atoms. The van der Waals surface area contributed by atoms with E-state index in [2.05, 4.69) is 15.3 Å². The number of aliphatic hydroxyl groups excluding tert-OH is 1. The number of carbonyl (C=O) groups is 1. The molecule has 0 unspecified atom stereocenters. The van der Waals surface area contributed by atoms with Gasteiger partial charge >= 0.3 is 11.1 Å². The van der Waals surface area contributed by atoms with Gasteiger partial charge in [-0.1, -0.05) is 0 Å². The van der Waals surface area contributed by atoms with E-state index in [9.17, 15) is 19.5 Å². The smallest absolute Gasteiger partial charge is 0.314 e. The third-order valence-corrected chi connectivity index (χ3v) is 3.63. The van der Waals surface area contributed by atoms with Crippen LogP contribution in [-0.2, 0) is 4.74 Å². The van der Waals surface area contributed by atoms with Gasteiger partial charge in [0.1, 0.15) is 0 Å². The van der Waals surface area contributed by atoms with Gasteiger partial charge in [0.05, 0.1) is 29.8 Å². The van der Waals surface area contributed by atoms with Crippen molar-refractivity contribution in [2.24, 2.45) is 0 Å². The van der Waals surface area contributed by atoms with Gasteiger partial charge in [-0.2, -0.15) is 0 Å². The van der Waals surface area contributed by atoms with Crippen LogP contribution in [0.15, 0.2) is 27.8 Å². The Morgan fingerprint density at radius 1 is 1.23 bits per heavy atom. The van der Waals surface area contributed by atoms with Crippen LogP contribution in [0.1, 0.15) is 16.8 Å². The summed E-state index contributed by atoms with van der Waals surface area (Å²) < 4.78 is 5.11. The van der Waals surface area contributed by atoms with Crippen LogP contribution in [0.4, 0.5) is 0 Å². The normalized spacial score (nSPS) is 21.7. The number of nitrogens with one attached hydrogen (secondary N) is 3. The topological polar surface area (TPSA) is 124 Å². The zero-order chi connectivity index (χ0) is 15.7. The maximum atomic E-state index is 12.2. The Morgan fingerprint density at radius 3 is 2.68 bits per heavy atom. The second kappa shape index (κ2) is 5.74. The summed E-state index contributed by atoms with van der Waals surface area (Å²) >= 11 is 0. The number of hydrogen-bond acceptors (Lipinski definition) is 5. The first-order valence-electron chi connectivity index (χ1n) is 6.87. The molecule has 8 nitrogen and oxygen atoms in total. The molecule has 1 aromatic heterocycles. The van der Waals surface area contributed by atoms with E-state index in [-0.39, 0.29) is 18.6 Å². The lowest BCUT2D eigenvalue weighted by molar-refractivity contribution is -0.0260. The molecule has 0 aliphatic carbocycles. The summed E-state index contributed by atoms with van der Waals surface area (Å²) in [5.74, 6) is -0.361. The number of ether oxygens (including phenoxy) is 1. The highest BCUT2D eigenvalue weighted by Crippen LogP contribution is 2.12. The number of H-pyrrole nitrogens is 2. The molecule has 4 N–H and O–H groups in total. The maximum absolute atomic E-state index is 12.2. The molecule has 1 aliphatic heterocycles. The van der Waals surface area contributed by atoms with Crippen LogP contribution in [0.2, 0.25) is 0 Å². The zero-order valence-electron chi connectivity index (χ0n) is 11.6. The van der Waals surface area contributed by atoms with Crippen molar-refractivity contribution < 1.29 is 14.6 Å². The molecule has 1 fully saturated rings. The lowest BCUT2D eigenvalue weighted by atomic mass is 10.1. The van der Waals surface area contributed by atoms with E-state index in [0.29, 0.717) is 29.6 Å². The first-order chi connectivity index (χ1) is 10.5. The molecule has 0 radical (unpaired) electrons. The van der Waals surface area contributed by atoms with Crippen molar-refractivity contribution in [3.8, 4) is 0 Å². The Bertz CT molecular complexity index is 825. The van der Waals surface area contributed by atoms with E-state index in [1.165, 1.54) is 12.1 Å². The van der Waals surface area contributed by atoms with Gasteiger partial charge in [-0.25, -0.2) is 0 Å². The molecular weight excluding hydrogens is 290 g/mol. The predicted molar refractivity (Wildman–Crippen MR) is 77.9 cm³/mol. The van der Waals surface area contributed by atoms with Gasteiger partial charge in [-0.15, -0.1) is 0 Å². The van der Waals surface area contributed by atoms with Crippen molar-refractivity contribution in [3.05, 3.63) is 44.5 Å². The monoisotopic (exact) mass is 305 g/mol. The van der Waals surface area contributed by atoms with Crippen molar-refractivity contribution in [2.45, 2.75) is 18.6 Å². The lowest BCUT2D eigenvalue weighted by Gasteiger charge is -2.28. The van der Waals surface area contributed by atoms with E-state index < -0.39 is 17.2 Å². The van der Waals surface area contributed by atoms with Gasteiger partial charge in [0.15, 0.2) is 0 Å². The molecule has 116 valence electrons. The Kier molecular flexibility index (Phi) is 3.78. The predicted octanol–water partition coefficient (Wildman–Crippen LogP) is -0.904. The molecule has 0 saturated carbocycles. The van der Waals surface area contributed by atoms with Crippen molar-refractivity contribution in [3.63, 3.8) is 0 Å². The number of benzene rings is 1. The molecule has 2 aromatic rings. The molecule has 2 heterocycles. The van der Waals surface area contributed by atoms with Crippen molar-refractivity contribution in [1.82, 2.24) is 15.3 Å². The summed E-state index contributed by atoms with van der Waals surface area (Å²) in [7, 11) is 0. The number of fused-ring (bicyclic) bond motifs is 1. The number of rotatable bonds is 2. The maximum Gasteiger partial charge on any atom is 0.314 e. The Hall–Kier alpha value is -2.45. The van der Waals surface area contributed by atoms with E-state index in [4.69, 9.17) is 4.74 Å². The first-order valence-corrected chi connectivity index (χ1v) is 6.87. The van der Waals surface area contributed by atoms with Crippen molar-refractivity contribution in [1.29, 1.82) is 0 Å². The molecule has 1 aliphatic rings. The average molecular weight is 305 g/mol. The van der Waals surface area contributed by atoms with Crippen LogP contribution < -0.4 is 16.4 Å². The van der Waals surface area contributed by atoms with Gasteiger partial charge in [-0.05, 0) is 24.6 Å². The van der Waals surface area contributed by atoms with Crippen LogP contribution >= 0.6 is 0 Å². The molecule has 0 bridgehead atoms. The average Bonchev–Trinajstić information content (AvgIpc) is 2.50. The van der Waals surface area contributed by atoms with Gasteiger partial charge in [0.2, 0.25) is 0 Å². The summed E-state index contributed by atoms with van der Waals surface area (Å²) in [6.45, 7) is 0.672. The molecule has 8 heteroatoms. The lowest BCUT2D eigenvalue weighted by Crippen LogP contribution is -2.48. The van der Waals surface area contributed by atoms with Crippen molar-refractivity contribution >= 4 is 16.9 Å². The fourth-order valence-electron chi connectivity index (χ4n) is 2.40. The van der Waals surface area contributed by atoms with Crippen molar-refractivity contribution in [2.75, 3.05) is 13.2 Å². The third-order valence-electron chi connectivity index (χ3n) is 3.63. The SMILES string of the molecule is O=C(N[C@@H]1CCOC[C@H]1O)c1ccc2[nH]c(=O)c(=O)[nH]c2c1. The van der Waals surface area contributed by atoms with Gasteiger partial charge in [0, 0.05) is 12.2 Å². The molecule has 1 saturated heterocycles. The zero-order valence-corrected chi connectivity index (χ0v) is 11.6. The second-order valence-electron chi connectivity index (χ2n) is 5.18. The number of aliphatic hydroxyl groups is 1. The Labute approximate surface area is 124 Å². The van der Waals surface area contributed by atoms with E-state index in [1.807, 2.05) is 0 Å².